The molecule has 2 aromatic rings. The molecule has 3 rings (SSSR count). The third-order valence-corrected chi connectivity index (χ3v) is 4.91. The molecular weight excluding hydrogens is 302 g/mol. The van der Waals surface area contributed by atoms with Gasteiger partial charge in [0.2, 0.25) is 0 Å². The number of rotatable bonds is 6. The molecular formula is C20H23NO3. The Kier molecular flexibility index (Phi) is 5.26. The molecule has 1 N–H and O–H groups in total. The zero-order chi connectivity index (χ0) is 16.8. The zero-order valence-corrected chi connectivity index (χ0v) is 13.7. The number of aromatic nitrogens is 1. The van der Waals surface area contributed by atoms with E-state index in [1.807, 2.05) is 48.5 Å². The highest BCUT2D eigenvalue weighted by molar-refractivity contribution is 5.78. The van der Waals surface area contributed by atoms with Crippen LogP contribution >= 0.6 is 0 Å². The lowest BCUT2D eigenvalue weighted by atomic mass is 9.79. The first-order valence-corrected chi connectivity index (χ1v) is 8.50. The smallest absolute Gasteiger partial charge is 0.315 e. The molecule has 1 heterocycles. The molecule has 126 valence electrons. The van der Waals surface area contributed by atoms with Crippen LogP contribution in [0.25, 0.3) is 0 Å². The summed E-state index contributed by atoms with van der Waals surface area (Å²) in [7, 11) is 0. The first-order valence-electron chi connectivity index (χ1n) is 8.50. The number of hydrogen-bond acceptors (Lipinski definition) is 4. The Bertz CT molecular complexity index is 659. The van der Waals surface area contributed by atoms with Crippen molar-refractivity contribution in [2.45, 2.75) is 44.8 Å². The SMILES string of the molecule is O=C(OCc1ccccc1)C1(CCc2ccccn2)CCCC1O. The number of aliphatic hydroxyl groups excluding tert-OH is 1. The molecule has 0 aliphatic heterocycles. The summed E-state index contributed by atoms with van der Waals surface area (Å²) in [5.74, 6) is -0.285. The van der Waals surface area contributed by atoms with Gasteiger partial charge in [0.1, 0.15) is 6.61 Å². The maximum Gasteiger partial charge on any atom is 0.315 e. The van der Waals surface area contributed by atoms with Crippen LogP contribution in [-0.4, -0.2) is 22.2 Å². The lowest BCUT2D eigenvalue weighted by Gasteiger charge is -2.30. The van der Waals surface area contributed by atoms with E-state index in [0.717, 1.165) is 17.7 Å². The predicted octanol–water partition coefficient (Wildman–Crippen LogP) is 3.29. The molecule has 0 spiro atoms. The molecule has 1 fully saturated rings. The van der Waals surface area contributed by atoms with Crippen molar-refractivity contribution < 1.29 is 14.6 Å². The number of aryl methyl sites for hydroxylation is 1. The van der Waals surface area contributed by atoms with Gasteiger partial charge in [-0.05, 0) is 49.8 Å². The number of ether oxygens (including phenoxy) is 1. The van der Waals surface area contributed by atoms with Crippen molar-refractivity contribution >= 4 is 5.97 Å². The van der Waals surface area contributed by atoms with Crippen molar-refractivity contribution in [1.29, 1.82) is 0 Å². The molecule has 2 atom stereocenters. The lowest BCUT2D eigenvalue weighted by Crippen LogP contribution is -2.40. The maximum atomic E-state index is 12.8. The van der Waals surface area contributed by atoms with Crippen LogP contribution in [0.15, 0.2) is 54.7 Å². The van der Waals surface area contributed by atoms with Gasteiger partial charge in [-0.15, -0.1) is 0 Å². The van der Waals surface area contributed by atoms with Crippen LogP contribution in [-0.2, 0) is 22.6 Å². The highest BCUT2D eigenvalue weighted by atomic mass is 16.5. The highest BCUT2D eigenvalue weighted by Crippen LogP contribution is 2.43. The van der Waals surface area contributed by atoms with Crippen molar-refractivity contribution in [3.63, 3.8) is 0 Å². The van der Waals surface area contributed by atoms with Gasteiger partial charge in [-0.3, -0.25) is 9.78 Å². The average molecular weight is 325 g/mol. The Morgan fingerprint density at radius 2 is 2.00 bits per heavy atom. The fourth-order valence-electron chi connectivity index (χ4n) is 3.45. The minimum absolute atomic E-state index is 0.248. The summed E-state index contributed by atoms with van der Waals surface area (Å²) < 4.78 is 5.55. The summed E-state index contributed by atoms with van der Waals surface area (Å²) in [4.78, 5) is 17.1. The molecule has 1 aliphatic rings. The molecule has 0 amide bonds. The van der Waals surface area contributed by atoms with Crippen LogP contribution in [0, 0.1) is 5.41 Å². The second-order valence-corrected chi connectivity index (χ2v) is 6.45. The topological polar surface area (TPSA) is 59.4 Å². The van der Waals surface area contributed by atoms with Crippen molar-refractivity contribution in [3.8, 4) is 0 Å². The summed E-state index contributed by atoms with van der Waals surface area (Å²) >= 11 is 0. The number of pyridine rings is 1. The Balaban J connectivity index is 1.67. The normalized spacial score (nSPS) is 23.1. The van der Waals surface area contributed by atoms with Gasteiger partial charge in [-0.2, -0.15) is 0 Å². The van der Waals surface area contributed by atoms with Crippen LogP contribution in [0.3, 0.4) is 0 Å². The first kappa shape index (κ1) is 16.7. The van der Waals surface area contributed by atoms with Crippen LogP contribution in [0.5, 0.6) is 0 Å². The Hall–Kier alpha value is -2.20. The standard InChI is InChI=1S/C20H23NO3/c22-18-10-6-12-20(18,13-11-17-9-4-5-14-21-17)19(23)24-15-16-7-2-1-3-8-16/h1-5,7-9,14,18,22H,6,10-13,15H2. The van der Waals surface area contributed by atoms with Gasteiger partial charge < -0.3 is 9.84 Å². The molecule has 24 heavy (non-hydrogen) atoms. The van der Waals surface area contributed by atoms with Gasteiger partial charge in [0.05, 0.1) is 11.5 Å². The second kappa shape index (κ2) is 7.58. The van der Waals surface area contributed by atoms with E-state index in [0.29, 0.717) is 25.7 Å². The molecule has 0 saturated heterocycles. The third-order valence-electron chi connectivity index (χ3n) is 4.91. The molecule has 1 aromatic carbocycles. The molecule has 1 saturated carbocycles. The van der Waals surface area contributed by atoms with Crippen molar-refractivity contribution in [3.05, 3.63) is 66.0 Å². The van der Waals surface area contributed by atoms with Gasteiger partial charge in [0.15, 0.2) is 0 Å². The van der Waals surface area contributed by atoms with E-state index in [9.17, 15) is 9.90 Å². The summed E-state index contributed by atoms with van der Waals surface area (Å²) in [6, 6.07) is 15.4. The largest absolute Gasteiger partial charge is 0.460 e. The second-order valence-electron chi connectivity index (χ2n) is 6.45. The summed E-state index contributed by atoms with van der Waals surface area (Å²) in [5.41, 5.74) is 1.09. The number of nitrogens with zero attached hydrogens (tertiary/aromatic N) is 1. The monoisotopic (exact) mass is 325 g/mol. The van der Waals surface area contributed by atoms with E-state index < -0.39 is 11.5 Å². The van der Waals surface area contributed by atoms with Gasteiger partial charge >= 0.3 is 5.97 Å². The van der Waals surface area contributed by atoms with Gasteiger partial charge in [0, 0.05) is 11.9 Å². The molecule has 2 unspecified atom stereocenters. The Morgan fingerprint density at radius 1 is 1.21 bits per heavy atom. The predicted molar refractivity (Wildman–Crippen MR) is 91.1 cm³/mol. The molecule has 4 nitrogen and oxygen atoms in total. The first-order chi connectivity index (χ1) is 11.7. The minimum Gasteiger partial charge on any atom is -0.460 e. The zero-order valence-electron chi connectivity index (χ0n) is 13.7. The van der Waals surface area contributed by atoms with Crippen molar-refractivity contribution in [2.75, 3.05) is 0 Å². The van der Waals surface area contributed by atoms with Crippen LogP contribution in [0.1, 0.15) is 36.9 Å². The fraction of sp³-hybridized carbons (Fsp3) is 0.400. The van der Waals surface area contributed by atoms with Gasteiger partial charge in [0.25, 0.3) is 0 Å². The van der Waals surface area contributed by atoms with E-state index in [4.69, 9.17) is 4.74 Å². The number of carbonyl (C=O) groups is 1. The van der Waals surface area contributed by atoms with E-state index in [-0.39, 0.29) is 12.6 Å². The molecule has 4 heteroatoms. The Labute approximate surface area is 142 Å². The van der Waals surface area contributed by atoms with Crippen LogP contribution in [0.4, 0.5) is 0 Å². The van der Waals surface area contributed by atoms with E-state index >= 15 is 0 Å². The molecule has 1 aliphatic carbocycles. The number of benzene rings is 1. The quantitative estimate of drug-likeness (QED) is 0.828. The van der Waals surface area contributed by atoms with Crippen molar-refractivity contribution in [2.24, 2.45) is 5.41 Å². The molecule has 0 radical (unpaired) electrons. The van der Waals surface area contributed by atoms with Crippen LogP contribution in [0.2, 0.25) is 0 Å². The summed E-state index contributed by atoms with van der Waals surface area (Å²) in [6.07, 6.45) is 4.53. The van der Waals surface area contributed by atoms with E-state index in [2.05, 4.69) is 4.98 Å². The van der Waals surface area contributed by atoms with E-state index in [1.165, 1.54) is 0 Å². The number of aliphatic hydroxyl groups is 1. The third kappa shape index (κ3) is 3.65. The number of carbonyl (C=O) groups excluding carboxylic acids is 1. The van der Waals surface area contributed by atoms with Crippen LogP contribution < -0.4 is 0 Å². The fourth-order valence-corrected chi connectivity index (χ4v) is 3.45. The molecule has 1 aromatic heterocycles. The van der Waals surface area contributed by atoms with E-state index in [1.54, 1.807) is 6.20 Å². The minimum atomic E-state index is -0.799. The van der Waals surface area contributed by atoms with Crippen molar-refractivity contribution in [1.82, 2.24) is 4.98 Å². The van der Waals surface area contributed by atoms with Gasteiger partial charge in [-0.1, -0.05) is 36.4 Å². The maximum absolute atomic E-state index is 12.8. The summed E-state index contributed by atoms with van der Waals surface area (Å²) in [6.45, 7) is 0.248. The Morgan fingerprint density at radius 3 is 2.67 bits per heavy atom. The summed E-state index contributed by atoms with van der Waals surface area (Å²) in [5, 5.41) is 10.5. The highest BCUT2D eigenvalue weighted by Gasteiger charge is 2.49. The number of hydrogen-bond donors (Lipinski definition) is 1. The number of esters is 1. The lowest BCUT2D eigenvalue weighted by molar-refractivity contribution is -0.163. The van der Waals surface area contributed by atoms with Gasteiger partial charge in [-0.25, -0.2) is 0 Å². The average Bonchev–Trinajstić information content (AvgIpc) is 3.01. The molecule has 0 bridgehead atoms.